The monoisotopic (exact) mass is 330 g/mol. The summed E-state index contributed by atoms with van der Waals surface area (Å²) in [6.45, 7) is 8.92. The first-order chi connectivity index (χ1) is 9.80. The van der Waals surface area contributed by atoms with Crippen LogP contribution in [0, 0.1) is 0 Å². The molecule has 7 heteroatoms. The average molecular weight is 330 g/mol. The highest BCUT2D eigenvalue weighted by Gasteiger charge is 2.31. The number of esters is 1. The lowest BCUT2D eigenvalue weighted by Gasteiger charge is -2.28. The van der Waals surface area contributed by atoms with Crippen LogP contribution in [0.4, 0.5) is 0 Å². The summed E-state index contributed by atoms with van der Waals surface area (Å²) in [7, 11) is -4.67. The van der Waals surface area contributed by atoms with Gasteiger partial charge in [-0.1, -0.05) is 32.0 Å². The summed E-state index contributed by atoms with van der Waals surface area (Å²) in [6.07, 6.45) is 0.0613. The molecule has 22 heavy (non-hydrogen) atoms. The lowest BCUT2D eigenvalue weighted by atomic mass is 9.81. The van der Waals surface area contributed by atoms with Crippen LogP contribution in [0.5, 0.6) is 5.75 Å². The Kier molecular flexibility index (Phi) is 5.44. The molecule has 0 saturated heterocycles. The summed E-state index contributed by atoms with van der Waals surface area (Å²) < 4.78 is 21.1. The number of phosphoric ester groups is 1. The van der Waals surface area contributed by atoms with E-state index in [4.69, 9.17) is 19.0 Å². The molecule has 6 nitrogen and oxygen atoms in total. The highest BCUT2D eigenvalue weighted by atomic mass is 31.2. The van der Waals surface area contributed by atoms with Gasteiger partial charge in [0.1, 0.15) is 11.4 Å². The number of hydrogen-bond donors (Lipinski definition) is 2. The predicted molar refractivity (Wildman–Crippen MR) is 82.6 cm³/mol. The number of para-hydroxylation sites is 1. The normalized spacial score (nSPS) is 12.9. The van der Waals surface area contributed by atoms with Crippen LogP contribution in [0.25, 0.3) is 0 Å². The SMILES string of the molecule is CC(C)(C)OC(=O)CC(C)(C)c1ccccc1OP(=O)(O)O. The molecule has 1 aromatic rings. The minimum absolute atomic E-state index is 0.0596. The van der Waals surface area contributed by atoms with E-state index in [2.05, 4.69) is 0 Å². The maximum atomic E-state index is 12.0. The molecule has 0 saturated carbocycles. The van der Waals surface area contributed by atoms with Crippen molar-refractivity contribution < 1.29 is 28.4 Å². The summed E-state index contributed by atoms with van der Waals surface area (Å²) in [6, 6.07) is 6.47. The van der Waals surface area contributed by atoms with Crippen LogP contribution < -0.4 is 4.52 Å². The third-order valence-electron chi connectivity index (χ3n) is 2.84. The molecule has 0 aromatic heterocycles. The van der Waals surface area contributed by atoms with E-state index in [0.717, 1.165) is 0 Å². The second-order valence-electron chi connectivity index (χ2n) is 6.73. The Morgan fingerprint density at radius 1 is 1.14 bits per heavy atom. The summed E-state index contributed by atoms with van der Waals surface area (Å²) in [5.74, 6) is -0.326. The highest BCUT2D eigenvalue weighted by Crippen LogP contribution is 2.43. The number of benzene rings is 1. The largest absolute Gasteiger partial charge is 0.524 e. The van der Waals surface area contributed by atoms with Crippen molar-refractivity contribution >= 4 is 13.8 Å². The number of carbonyl (C=O) groups is 1. The van der Waals surface area contributed by atoms with Crippen molar-refractivity contribution in [1.82, 2.24) is 0 Å². The fraction of sp³-hybridized carbons (Fsp3) is 0.533. The summed E-state index contributed by atoms with van der Waals surface area (Å²) in [4.78, 5) is 30.0. The second-order valence-corrected chi connectivity index (χ2v) is 7.89. The third kappa shape index (κ3) is 6.18. The van der Waals surface area contributed by atoms with E-state index in [-0.39, 0.29) is 18.1 Å². The van der Waals surface area contributed by atoms with Crippen molar-refractivity contribution in [3.63, 3.8) is 0 Å². The zero-order valence-corrected chi connectivity index (χ0v) is 14.4. The molecule has 0 unspecified atom stereocenters. The Labute approximate surface area is 130 Å². The van der Waals surface area contributed by atoms with Crippen LogP contribution in [0.2, 0.25) is 0 Å². The molecule has 0 atom stereocenters. The summed E-state index contributed by atoms with van der Waals surface area (Å²) >= 11 is 0. The number of hydrogen-bond acceptors (Lipinski definition) is 4. The van der Waals surface area contributed by atoms with Crippen molar-refractivity contribution in [2.75, 3.05) is 0 Å². The molecule has 0 aliphatic heterocycles. The molecule has 0 aliphatic carbocycles. The van der Waals surface area contributed by atoms with Gasteiger partial charge in [-0.15, -0.1) is 0 Å². The van der Waals surface area contributed by atoms with Crippen molar-refractivity contribution in [1.29, 1.82) is 0 Å². The van der Waals surface area contributed by atoms with Gasteiger partial charge in [-0.25, -0.2) is 4.57 Å². The number of rotatable bonds is 5. The lowest BCUT2D eigenvalue weighted by Crippen LogP contribution is -2.29. The first-order valence-corrected chi connectivity index (χ1v) is 8.40. The molecule has 0 bridgehead atoms. The predicted octanol–water partition coefficient (Wildman–Crippen LogP) is 3.17. The second kappa shape index (κ2) is 6.41. The Hall–Kier alpha value is -1.36. The van der Waals surface area contributed by atoms with Crippen molar-refractivity contribution in [2.45, 2.75) is 52.1 Å². The smallest absolute Gasteiger partial charge is 0.460 e. The van der Waals surface area contributed by atoms with Crippen molar-refractivity contribution in [2.24, 2.45) is 0 Å². The van der Waals surface area contributed by atoms with Crippen LogP contribution in [0.3, 0.4) is 0 Å². The van der Waals surface area contributed by atoms with Gasteiger partial charge in [-0.05, 0) is 26.8 Å². The Morgan fingerprint density at radius 3 is 2.18 bits per heavy atom. The standard InChI is InChI=1S/C15H23O6P/c1-14(2,3)20-13(16)10-15(4,5)11-8-6-7-9-12(11)21-22(17,18)19/h6-9H,10H2,1-5H3,(H2,17,18,19). The zero-order valence-electron chi connectivity index (χ0n) is 13.5. The van der Waals surface area contributed by atoms with Gasteiger partial charge in [-0.3, -0.25) is 14.6 Å². The van der Waals surface area contributed by atoms with Gasteiger partial charge in [0.15, 0.2) is 0 Å². The maximum Gasteiger partial charge on any atom is 0.524 e. The first-order valence-electron chi connectivity index (χ1n) is 6.87. The third-order valence-corrected chi connectivity index (χ3v) is 3.27. The van der Waals surface area contributed by atoms with E-state index in [1.165, 1.54) is 6.07 Å². The van der Waals surface area contributed by atoms with Gasteiger partial charge < -0.3 is 9.26 Å². The quantitative estimate of drug-likeness (QED) is 0.636. The number of ether oxygens (including phenoxy) is 1. The van der Waals surface area contributed by atoms with E-state index in [1.807, 2.05) is 0 Å². The molecular weight excluding hydrogens is 307 g/mol. The fourth-order valence-electron chi connectivity index (χ4n) is 2.07. The van der Waals surface area contributed by atoms with Gasteiger partial charge in [0.25, 0.3) is 0 Å². The number of carbonyl (C=O) groups excluding carboxylic acids is 1. The first kappa shape index (κ1) is 18.7. The van der Waals surface area contributed by atoms with E-state index in [0.29, 0.717) is 5.56 Å². The van der Waals surface area contributed by atoms with Crippen molar-refractivity contribution in [3.8, 4) is 5.75 Å². The van der Waals surface area contributed by atoms with Crippen LogP contribution in [-0.2, 0) is 19.5 Å². The van der Waals surface area contributed by atoms with Crippen LogP contribution in [-0.4, -0.2) is 21.4 Å². The van der Waals surface area contributed by atoms with Crippen LogP contribution in [0.1, 0.15) is 46.6 Å². The molecule has 0 amide bonds. The average Bonchev–Trinajstić information content (AvgIpc) is 2.23. The van der Waals surface area contributed by atoms with Crippen LogP contribution >= 0.6 is 7.82 Å². The van der Waals surface area contributed by atoms with Gasteiger partial charge in [0.05, 0.1) is 6.42 Å². The molecule has 0 radical (unpaired) electrons. The fourth-order valence-corrected chi connectivity index (χ4v) is 2.48. The summed E-state index contributed by atoms with van der Waals surface area (Å²) in [5.41, 5.74) is -0.757. The van der Waals surface area contributed by atoms with Gasteiger partial charge in [0.2, 0.25) is 0 Å². The van der Waals surface area contributed by atoms with E-state index >= 15 is 0 Å². The molecule has 0 spiro atoms. The Balaban J connectivity index is 3.03. The van der Waals surface area contributed by atoms with E-state index < -0.39 is 18.8 Å². The molecular formula is C15H23O6P. The highest BCUT2D eigenvalue weighted by molar-refractivity contribution is 7.46. The number of phosphoric acid groups is 1. The van der Waals surface area contributed by atoms with Gasteiger partial charge >= 0.3 is 13.8 Å². The topological polar surface area (TPSA) is 93.1 Å². The Morgan fingerprint density at radius 2 is 1.68 bits per heavy atom. The van der Waals surface area contributed by atoms with Gasteiger partial charge in [-0.2, -0.15) is 0 Å². The molecule has 0 aliphatic rings. The molecule has 2 N–H and O–H groups in total. The minimum atomic E-state index is -4.67. The van der Waals surface area contributed by atoms with Crippen LogP contribution in [0.15, 0.2) is 24.3 Å². The molecule has 1 aromatic carbocycles. The molecule has 0 fully saturated rings. The minimum Gasteiger partial charge on any atom is -0.460 e. The molecule has 124 valence electrons. The molecule has 0 heterocycles. The summed E-state index contributed by atoms with van der Waals surface area (Å²) in [5, 5.41) is 0. The van der Waals surface area contributed by atoms with Gasteiger partial charge in [0, 0.05) is 11.0 Å². The van der Waals surface area contributed by atoms with Crippen molar-refractivity contribution in [3.05, 3.63) is 29.8 Å². The zero-order chi connectivity index (χ0) is 17.2. The maximum absolute atomic E-state index is 12.0. The van der Waals surface area contributed by atoms with E-state index in [1.54, 1.807) is 52.8 Å². The Bertz CT molecular complexity index is 582. The van der Waals surface area contributed by atoms with E-state index in [9.17, 15) is 9.36 Å². The molecule has 1 rings (SSSR count). The lowest BCUT2D eigenvalue weighted by molar-refractivity contribution is -0.156.